The molecule has 0 aromatic carbocycles. The SMILES string of the molecule is O=C(c1cc(Cl)cn1C1CC1)N1CCC(OCCO)CC1. The van der Waals surface area contributed by atoms with Crippen molar-refractivity contribution in [2.75, 3.05) is 26.3 Å². The van der Waals surface area contributed by atoms with Gasteiger partial charge in [-0.2, -0.15) is 0 Å². The van der Waals surface area contributed by atoms with Gasteiger partial charge in [0.1, 0.15) is 5.69 Å². The average molecular weight is 313 g/mol. The molecule has 0 radical (unpaired) electrons. The number of halogens is 1. The molecule has 3 rings (SSSR count). The molecule has 0 atom stereocenters. The van der Waals surface area contributed by atoms with E-state index in [1.54, 1.807) is 6.07 Å². The molecule has 21 heavy (non-hydrogen) atoms. The van der Waals surface area contributed by atoms with Gasteiger partial charge < -0.3 is 19.3 Å². The number of carbonyl (C=O) groups excluding carboxylic acids is 1. The van der Waals surface area contributed by atoms with Crippen molar-refractivity contribution in [2.45, 2.75) is 37.8 Å². The molecule has 1 saturated carbocycles. The lowest BCUT2D eigenvalue weighted by atomic mass is 10.1. The van der Waals surface area contributed by atoms with Gasteiger partial charge in [-0.15, -0.1) is 0 Å². The second-order valence-corrected chi connectivity index (χ2v) is 6.20. The van der Waals surface area contributed by atoms with E-state index >= 15 is 0 Å². The zero-order chi connectivity index (χ0) is 14.8. The fourth-order valence-corrected chi connectivity index (χ4v) is 3.09. The molecule has 0 spiro atoms. The lowest BCUT2D eigenvalue weighted by molar-refractivity contribution is -0.00573. The van der Waals surface area contributed by atoms with Gasteiger partial charge in [-0.25, -0.2) is 0 Å². The number of hydrogen-bond acceptors (Lipinski definition) is 3. The quantitative estimate of drug-likeness (QED) is 0.906. The van der Waals surface area contributed by atoms with E-state index in [1.807, 2.05) is 15.7 Å². The van der Waals surface area contributed by atoms with Gasteiger partial charge in [0, 0.05) is 25.3 Å². The predicted octanol–water partition coefficient (Wildman–Crippen LogP) is 2.09. The average Bonchev–Trinajstić information content (AvgIpc) is 3.27. The van der Waals surface area contributed by atoms with Crippen LogP contribution in [-0.4, -0.2) is 52.9 Å². The maximum absolute atomic E-state index is 12.7. The second kappa shape index (κ2) is 6.38. The summed E-state index contributed by atoms with van der Waals surface area (Å²) in [7, 11) is 0. The maximum atomic E-state index is 12.7. The number of ether oxygens (including phenoxy) is 1. The van der Waals surface area contributed by atoms with Crippen molar-refractivity contribution >= 4 is 17.5 Å². The third-order valence-electron chi connectivity index (χ3n) is 4.15. The molecule has 116 valence electrons. The summed E-state index contributed by atoms with van der Waals surface area (Å²) in [6, 6.07) is 2.22. The number of aliphatic hydroxyl groups excluding tert-OH is 1. The Bertz CT molecular complexity index is 505. The fourth-order valence-electron chi connectivity index (χ4n) is 2.88. The van der Waals surface area contributed by atoms with Crippen LogP contribution in [0.5, 0.6) is 0 Å². The van der Waals surface area contributed by atoms with Crippen molar-refractivity contribution in [3.05, 3.63) is 23.0 Å². The third-order valence-corrected chi connectivity index (χ3v) is 4.36. The van der Waals surface area contributed by atoms with Crippen LogP contribution in [0.2, 0.25) is 5.02 Å². The summed E-state index contributed by atoms with van der Waals surface area (Å²) in [5, 5.41) is 9.40. The van der Waals surface area contributed by atoms with E-state index in [1.165, 1.54) is 0 Å². The first-order valence-corrected chi connectivity index (χ1v) is 7.96. The monoisotopic (exact) mass is 312 g/mol. The molecule has 2 heterocycles. The van der Waals surface area contributed by atoms with Crippen LogP contribution in [0, 0.1) is 0 Å². The summed E-state index contributed by atoms with van der Waals surface area (Å²) in [6.45, 7) is 1.82. The van der Waals surface area contributed by atoms with Crippen LogP contribution in [0.15, 0.2) is 12.3 Å². The number of amides is 1. The van der Waals surface area contributed by atoms with Crippen molar-refractivity contribution in [2.24, 2.45) is 0 Å². The van der Waals surface area contributed by atoms with Crippen LogP contribution in [0.4, 0.5) is 0 Å². The van der Waals surface area contributed by atoms with Crippen molar-refractivity contribution in [3.8, 4) is 0 Å². The van der Waals surface area contributed by atoms with Gasteiger partial charge in [-0.05, 0) is 31.7 Å². The molecule has 1 aliphatic heterocycles. The summed E-state index contributed by atoms with van der Waals surface area (Å²) < 4.78 is 7.55. The van der Waals surface area contributed by atoms with Gasteiger partial charge in [0.05, 0.1) is 24.3 Å². The summed E-state index contributed by atoms with van der Waals surface area (Å²) in [6.07, 6.45) is 5.92. The zero-order valence-corrected chi connectivity index (χ0v) is 12.8. The Kier molecular flexibility index (Phi) is 4.52. The number of aromatic nitrogens is 1. The number of rotatable bonds is 5. The molecule has 1 saturated heterocycles. The van der Waals surface area contributed by atoms with Crippen LogP contribution < -0.4 is 0 Å². The Morgan fingerprint density at radius 1 is 1.33 bits per heavy atom. The van der Waals surface area contributed by atoms with Crippen LogP contribution in [0.3, 0.4) is 0 Å². The largest absolute Gasteiger partial charge is 0.394 e. The lowest BCUT2D eigenvalue weighted by Crippen LogP contribution is -2.41. The minimum absolute atomic E-state index is 0.0482. The first-order valence-electron chi connectivity index (χ1n) is 7.58. The first kappa shape index (κ1) is 14.9. The highest BCUT2D eigenvalue weighted by molar-refractivity contribution is 6.31. The highest BCUT2D eigenvalue weighted by atomic mass is 35.5. The van der Waals surface area contributed by atoms with Crippen LogP contribution in [0.1, 0.15) is 42.2 Å². The molecule has 1 aromatic heterocycles. The highest BCUT2D eigenvalue weighted by Crippen LogP contribution is 2.37. The van der Waals surface area contributed by atoms with E-state index in [4.69, 9.17) is 21.4 Å². The Morgan fingerprint density at radius 3 is 2.67 bits per heavy atom. The molecule has 1 amide bonds. The molecule has 2 fully saturated rings. The van der Waals surface area contributed by atoms with Gasteiger partial charge >= 0.3 is 0 Å². The zero-order valence-electron chi connectivity index (χ0n) is 12.0. The number of carbonyl (C=O) groups is 1. The van der Waals surface area contributed by atoms with E-state index in [-0.39, 0.29) is 18.6 Å². The van der Waals surface area contributed by atoms with Gasteiger partial charge in [0.25, 0.3) is 5.91 Å². The molecule has 2 aliphatic rings. The number of piperidine rings is 1. The molecule has 0 unspecified atom stereocenters. The molecule has 5 nitrogen and oxygen atoms in total. The minimum atomic E-state index is 0.0482. The summed E-state index contributed by atoms with van der Waals surface area (Å²) >= 11 is 6.07. The topological polar surface area (TPSA) is 54.7 Å². The van der Waals surface area contributed by atoms with E-state index in [0.717, 1.165) is 25.7 Å². The standard InChI is InChI=1S/C15H21ClN2O3/c16-11-9-14(18(10-11)12-1-2-12)15(20)17-5-3-13(4-6-17)21-8-7-19/h9-10,12-13,19H,1-8H2. The van der Waals surface area contributed by atoms with Gasteiger partial charge in [-0.3, -0.25) is 4.79 Å². The van der Waals surface area contributed by atoms with Crippen molar-refractivity contribution < 1.29 is 14.6 Å². The number of likely N-dealkylation sites (tertiary alicyclic amines) is 1. The maximum Gasteiger partial charge on any atom is 0.270 e. The van der Waals surface area contributed by atoms with Crippen molar-refractivity contribution in [3.63, 3.8) is 0 Å². The second-order valence-electron chi connectivity index (χ2n) is 5.77. The molecule has 1 N–H and O–H groups in total. The number of aliphatic hydroxyl groups is 1. The normalized spacial score (nSPS) is 20.0. The fraction of sp³-hybridized carbons (Fsp3) is 0.667. The van der Waals surface area contributed by atoms with Crippen LogP contribution >= 0.6 is 11.6 Å². The highest BCUT2D eigenvalue weighted by Gasteiger charge is 2.31. The van der Waals surface area contributed by atoms with Gasteiger partial charge in [-0.1, -0.05) is 11.6 Å². The van der Waals surface area contributed by atoms with E-state index < -0.39 is 0 Å². The third kappa shape index (κ3) is 3.42. The van der Waals surface area contributed by atoms with Crippen molar-refractivity contribution in [1.82, 2.24) is 9.47 Å². The summed E-state index contributed by atoms with van der Waals surface area (Å²) in [5.74, 6) is 0.0643. The van der Waals surface area contributed by atoms with E-state index in [9.17, 15) is 4.79 Å². The van der Waals surface area contributed by atoms with E-state index in [2.05, 4.69) is 0 Å². The smallest absolute Gasteiger partial charge is 0.270 e. The Labute approximate surface area is 129 Å². The number of hydrogen-bond donors (Lipinski definition) is 1. The Hall–Kier alpha value is -1.04. The van der Waals surface area contributed by atoms with Crippen LogP contribution in [-0.2, 0) is 4.74 Å². The first-order chi connectivity index (χ1) is 10.2. The number of nitrogens with zero attached hydrogens (tertiary/aromatic N) is 2. The minimum Gasteiger partial charge on any atom is -0.394 e. The summed E-state index contributed by atoms with van der Waals surface area (Å²) in [4.78, 5) is 14.5. The molecule has 1 aromatic rings. The van der Waals surface area contributed by atoms with Crippen molar-refractivity contribution in [1.29, 1.82) is 0 Å². The van der Waals surface area contributed by atoms with Gasteiger partial charge in [0.2, 0.25) is 0 Å². The Morgan fingerprint density at radius 2 is 2.05 bits per heavy atom. The van der Waals surface area contributed by atoms with Gasteiger partial charge in [0.15, 0.2) is 0 Å². The molecular weight excluding hydrogens is 292 g/mol. The van der Waals surface area contributed by atoms with E-state index in [0.29, 0.717) is 36.5 Å². The molecular formula is C15H21ClN2O3. The molecule has 1 aliphatic carbocycles. The Balaban J connectivity index is 1.61. The predicted molar refractivity (Wildman–Crippen MR) is 79.7 cm³/mol. The molecule has 6 heteroatoms. The molecule has 0 bridgehead atoms. The lowest BCUT2D eigenvalue weighted by Gasteiger charge is -2.32. The summed E-state index contributed by atoms with van der Waals surface area (Å²) in [5.41, 5.74) is 0.706. The van der Waals surface area contributed by atoms with Crippen LogP contribution in [0.25, 0.3) is 0 Å².